The lowest BCUT2D eigenvalue weighted by molar-refractivity contribution is 0.168. The van der Waals surface area contributed by atoms with Crippen LogP contribution in [-0.4, -0.2) is 22.9 Å². The Kier molecular flexibility index (Phi) is 8.87. The van der Waals surface area contributed by atoms with Gasteiger partial charge in [-0.3, -0.25) is 0 Å². The lowest BCUT2D eigenvalue weighted by atomic mass is 10.1. The van der Waals surface area contributed by atoms with E-state index in [0.29, 0.717) is 5.92 Å². The van der Waals surface area contributed by atoms with E-state index in [1.807, 2.05) is 37.3 Å². The van der Waals surface area contributed by atoms with Gasteiger partial charge in [0.25, 0.3) is 0 Å². The first-order valence-electron chi connectivity index (χ1n) is 5.89. The third-order valence-corrected chi connectivity index (χ3v) is 2.06. The number of aliphatic hydroxyl groups is 2. The summed E-state index contributed by atoms with van der Waals surface area (Å²) >= 11 is 0. The third-order valence-electron chi connectivity index (χ3n) is 2.06. The molecule has 16 heavy (non-hydrogen) atoms. The van der Waals surface area contributed by atoms with Gasteiger partial charge in [0.05, 0.1) is 6.10 Å². The molecule has 0 aliphatic carbocycles. The zero-order valence-corrected chi connectivity index (χ0v) is 10.6. The fourth-order valence-electron chi connectivity index (χ4n) is 1.46. The molecule has 0 amide bonds. The van der Waals surface area contributed by atoms with Gasteiger partial charge in [0, 0.05) is 6.61 Å². The van der Waals surface area contributed by atoms with E-state index in [9.17, 15) is 0 Å². The molecule has 0 bridgehead atoms. The van der Waals surface area contributed by atoms with Crippen LogP contribution in [0.2, 0.25) is 0 Å². The van der Waals surface area contributed by atoms with Crippen LogP contribution < -0.4 is 0 Å². The second-order valence-corrected chi connectivity index (χ2v) is 4.44. The second-order valence-electron chi connectivity index (χ2n) is 4.44. The Morgan fingerprint density at radius 1 is 1.06 bits per heavy atom. The molecule has 0 aliphatic heterocycles. The summed E-state index contributed by atoms with van der Waals surface area (Å²) in [4.78, 5) is 0. The number of benzene rings is 1. The second kappa shape index (κ2) is 9.37. The summed E-state index contributed by atoms with van der Waals surface area (Å²) in [7, 11) is 0. The molecule has 2 heteroatoms. The van der Waals surface area contributed by atoms with E-state index in [1.54, 1.807) is 0 Å². The molecule has 1 aromatic rings. The van der Waals surface area contributed by atoms with Crippen LogP contribution in [0.4, 0.5) is 0 Å². The van der Waals surface area contributed by atoms with Crippen molar-refractivity contribution in [1.82, 2.24) is 0 Å². The van der Waals surface area contributed by atoms with Crippen molar-refractivity contribution in [2.24, 2.45) is 5.92 Å². The summed E-state index contributed by atoms with van der Waals surface area (Å²) in [6, 6.07) is 9.95. The van der Waals surface area contributed by atoms with E-state index in [0.717, 1.165) is 12.8 Å². The average molecular weight is 224 g/mol. The maximum Gasteiger partial charge on any atom is 0.0514 e. The Hall–Kier alpha value is -0.860. The molecule has 0 spiro atoms. The first-order valence-corrected chi connectivity index (χ1v) is 5.89. The molecular formula is C14H24O2. The molecule has 1 aromatic carbocycles. The Balaban J connectivity index is 0.000000293. The summed E-state index contributed by atoms with van der Waals surface area (Å²) in [5.74, 6) is 0.625. The Morgan fingerprint density at radius 2 is 1.62 bits per heavy atom. The van der Waals surface area contributed by atoms with Gasteiger partial charge in [0.1, 0.15) is 0 Å². The molecule has 2 nitrogen and oxygen atoms in total. The fourth-order valence-corrected chi connectivity index (χ4v) is 1.46. The quantitative estimate of drug-likeness (QED) is 0.825. The monoisotopic (exact) mass is 224 g/mol. The van der Waals surface area contributed by atoms with Crippen LogP contribution in [0.3, 0.4) is 0 Å². The highest BCUT2D eigenvalue weighted by Crippen LogP contribution is 2.02. The number of aliphatic hydroxyl groups excluding tert-OH is 2. The summed E-state index contributed by atoms with van der Waals surface area (Å²) in [6.07, 6.45) is 1.56. The molecule has 0 radical (unpaired) electrons. The normalized spacial score (nSPS) is 11.9. The predicted octanol–water partition coefficient (Wildman–Crippen LogP) is 2.63. The van der Waals surface area contributed by atoms with Gasteiger partial charge in [0.2, 0.25) is 0 Å². The summed E-state index contributed by atoms with van der Waals surface area (Å²) in [6.45, 7) is 6.27. The van der Waals surface area contributed by atoms with E-state index < -0.39 is 0 Å². The van der Waals surface area contributed by atoms with Crippen molar-refractivity contribution in [3.05, 3.63) is 35.9 Å². The molecule has 1 atom stereocenters. The molecule has 0 fully saturated rings. The fraction of sp³-hybridized carbons (Fsp3) is 0.571. The Labute approximate surface area is 98.9 Å². The molecular weight excluding hydrogens is 200 g/mol. The molecule has 0 aliphatic rings. The van der Waals surface area contributed by atoms with E-state index in [1.165, 1.54) is 5.56 Å². The minimum atomic E-state index is -0.125. The molecule has 0 aromatic heterocycles. The van der Waals surface area contributed by atoms with Crippen LogP contribution in [0.5, 0.6) is 0 Å². The summed E-state index contributed by atoms with van der Waals surface area (Å²) in [5.41, 5.74) is 1.19. The minimum absolute atomic E-state index is 0.125. The highest BCUT2D eigenvalue weighted by atomic mass is 16.3. The van der Waals surface area contributed by atoms with Crippen molar-refractivity contribution in [1.29, 1.82) is 0 Å². The summed E-state index contributed by atoms with van der Waals surface area (Å²) in [5, 5.41) is 17.2. The van der Waals surface area contributed by atoms with Crippen LogP contribution in [0, 0.1) is 5.92 Å². The molecule has 92 valence electrons. The zero-order chi connectivity index (χ0) is 12.4. The number of hydrogen-bond acceptors (Lipinski definition) is 2. The van der Waals surface area contributed by atoms with Crippen molar-refractivity contribution < 1.29 is 10.2 Å². The smallest absolute Gasteiger partial charge is 0.0514 e. The van der Waals surface area contributed by atoms with Crippen LogP contribution in [0.1, 0.15) is 32.8 Å². The van der Waals surface area contributed by atoms with Gasteiger partial charge in [-0.15, -0.1) is 0 Å². The SMILES string of the molecule is CC(C)CC(C)O.OCCc1ccccc1. The summed E-state index contributed by atoms with van der Waals surface area (Å²) < 4.78 is 0. The maximum absolute atomic E-state index is 8.72. The zero-order valence-electron chi connectivity index (χ0n) is 10.6. The molecule has 0 saturated heterocycles. The van der Waals surface area contributed by atoms with E-state index in [2.05, 4.69) is 13.8 Å². The molecule has 1 unspecified atom stereocenters. The van der Waals surface area contributed by atoms with Gasteiger partial charge in [-0.1, -0.05) is 44.2 Å². The minimum Gasteiger partial charge on any atom is -0.396 e. The number of rotatable bonds is 4. The molecule has 1 rings (SSSR count). The lowest BCUT2D eigenvalue weighted by Gasteiger charge is -2.04. The van der Waals surface area contributed by atoms with Crippen molar-refractivity contribution >= 4 is 0 Å². The van der Waals surface area contributed by atoms with Crippen molar-refractivity contribution in [2.75, 3.05) is 6.61 Å². The topological polar surface area (TPSA) is 40.5 Å². The standard InChI is InChI=1S/C8H10O.C6H14O/c9-7-6-8-4-2-1-3-5-8;1-5(2)4-6(3)7/h1-5,9H,6-7H2;5-7H,4H2,1-3H3. The van der Waals surface area contributed by atoms with Crippen molar-refractivity contribution in [3.8, 4) is 0 Å². The highest BCUT2D eigenvalue weighted by molar-refractivity contribution is 5.14. The van der Waals surface area contributed by atoms with Gasteiger partial charge in [-0.2, -0.15) is 0 Å². The molecule has 0 heterocycles. The Morgan fingerprint density at radius 3 is 1.94 bits per heavy atom. The molecule has 0 saturated carbocycles. The van der Waals surface area contributed by atoms with Gasteiger partial charge in [-0.05, 0) is 31.2 Å². The number of hydrogen-bond donors (Lipinski definition) is 2. The van der Waals surface area contributed by atoms with Gasteiger partial charge >= 0.3 is 0 Å². The molecule has 2 N–H and O–H groups in total. The van der Waals surface area contributed by atoms with Gasteiger partial charge < -0.3 is 10.2 Å². The van der Waals surface area contributed by atoms with Crippen molar-refractivity contribution in [3.63, 3.8) is 0 Å². The van der Waals surface area contributed by atoms with Crippen LogP contribution >= 0.6 is 0 Å². The lowest BCUT2D eigenvalue weighted by Crippen LogP contribution is -2.03. The first kappa shape index (κ1) is 15.1. The maximum atomic E-state index is 8.72. The Bertz CT molecular complexity index is 236. The van der Waals surface area contributed by atoms with Crippen LogP contribution in [0.25, 0.3) is 0 Å². The van der Waals surface area contributed by atoms with Crippen LogP contribution in [-0.2, 0) is 6.42 Å². The largest absolute Gasteiger partial charge is 0.396 e. The van der Waals surface area contributed by atoms with E-state index >= 15 is 0 Å². The predicted molar refractivity (Wildman–Crippen MR) is 68.4 cm³/mol. The van der Waals surface area contributed by atoms with Crippen molar-refractivity contribution in [2.45, 2.75) is 39.7 Å². The van der Waals surface area contributed by atoms with Crippen LogP contribution in [0.15, 0.2) is 30.3 Å². The highest BCUT2D eigenvalue weighted by Gasteiger charge is 1.97. The average Bonchev–Trinajstić information content (AvgIpc) is 2.18. The van der Waals surface area contributed by atoms with E-state index in [4.69, 9.17) is 10.2 Å². The van der Waals surface area contributed by atoms with Gasteiger partial charge in [-0.25, -0.2) is 0 Å². The van der Waals surface area contributed by atoms with E-state index in [-0.39, 0.29) is 12.7 Å². The van der Waals surface area contributed by atoms with Gasteiger partial charge in [0.15, 0.2) is 0 Å². The third kappa shape index (κ3) is 9.69. The first-order chi connectivity index (χ1) is 7.56.